The molecule has 0 radical (unpaired) electrons. The molecule has 6 aromatic rings. The van der Waals surface area contributed by atoms with Crippen LogP contribution in [0.3, 0.4) is 0 Å². The summed E-state index contributed by atoms with van der Waals surface area (Å²) >= 11 is 0. The quantitative estimate of drug-likeness (QED) is 0.179. The van der Waals surface area contributed by atoms with Crippen LogP contribution in [0.4, 0.5) is 34.1 Å². The molecule has 0 fully saturated rings. The second kappa shape index (κ2) is 12.7. The van der Waals surface area contributed by atoms with E-state index in [4.69, 9.17) is 0 Å². The van der Waals surface area contributed by atoms with Crippen molar-refractivity contribution >= 4 is 34.1 Å². The summed E-state index contributed by atoms with van der Waals surface area (Å²) in [5.74, 6) is 0.475. The first-order valence-corrected chi connectivity index (χ1v) is 15.5. The van der Waals surface area contributed by atoms with Gasteiger partial charge in [0.15, 0.2) is 0 Å². The Balaban J connectivity index is 1.60. The summed E-state index contributed by atoms with van der Waals surface area (Å²) in [5.41, 5.74) is 14.1. The summed E-state index contributed by atoms with van der Waals surface area (Å²) < 4.78 is 0. The van der Waals surface area contributed by atoms with Gasteiger partial charge in [-0.05, 0) is 110 Å². The van der Waals surface area contributed by atoms with E-state index in [0.717, 1.165) is 34.1 Å². The second-order valence-electron chi connectivity index (χ2n) is 12.0. The number of hydrogen-bond donors (Lipinski definition) is 0. The van der Waals surface area contributed by atoms with Gasteiger partial charge in [0.1, 0.15) is 0 Å². The zero-order chi connectivity index (χ0) is 30.6. The molecule has 2 heteroatoms. The van der Waals surface area contributed by atoms with Crippen molar-refractivity contribution in [3.63, 3.8) is 0 Å². The van der Waals surface area contributed by atoms with Crippen LogP contribution in [0, 0.1) is 20.8 Å². The van der Waals surface area contributed by atoms with Gasteiger partial charge in [-0.1, -0.05) is 109 Å². The lowest BCUT2D eigenvalue weighted by molar-refractivity contribution is 0.866. The summed E-state index contributed by atoms with van der Waals surface area (Å²) in [6.07, 6.45) is 0. The molecule has 6 aromatic carbocycles. The van der Waals surface area contributed by atoms with Crippen LogP contribution < -0.4 is 9.80 Å². The molecular weight excluding hydrogens is 532 g/mol. The van der Waals surface area contributed by atoms with Gasteiger partial charge in [-0.3, -0.25) is 0 Å². The van der Waals surface area contributed by atoms with Crippen LogP contribution in [0.2, 0.25) is 0 Å². The van der Waals surface area contributed by atoms with E-state index in [9.17, 15) is 0 Å². The third-order valence-electron chi connectivity index (χ3n) is 8.22. The van der Waals surface area contributed by atoms with E-state index in [0.29, 0.717) is 5.92 Å². The highest BCUT2D eigenvalue weighted by atomic mass is 15.2. The van der Waals surface area contributed by atoms with E-state index in [-0.39, 0.29) is 0 Å². The Morgan fingerprint density at radius 2 is 0.727 bits per heavy atom. The fourth-order valence-electron chi connectivity index (χ4n) is 5.63. The smallest absolute Gasteiger partial charge is 0.0488 e. The highest BCUT2D eigenvalue weighted by molar-refractivity contribution is 5.87. The van der Waals surface area contributed by atoms with Crippen molar-refractivity contribution < 1.29 is 0 Å². The van der Waals surface area contributed by atoms with Gasteiger partial charge in [0, 0.05) is 34.1 Å². The van der Waals surface area contributed by atoms with Crippen molar-refractivity contribution in [3.05, 3.63) is 168 Å². The number of anilines is 6. The molecule has 0 aliphatic rings. The Labute approximate surface area is 262 Å². The molecule has 0 heterocycles. The zero-order valence-corrected chi connectivity index (χ0v) is 26.3. The first-order chi connectivity index (χ1) is 21.4. The van der Waals surface area contributed by atoms with Crippen LogP contribution in [0.5, 0.6) is 0 Å². The van der Waals surface area contributed by atoms with Crippen molar-refractivity contribution in [2.75, 3.05) is 9.80 Å². The predicted molar refractivity (Wildman–Crippen MR) is 190 cm³/mol. The molecule has 2 nitrogen and oxygen atoms in total. The van der Waals surface area contributed by atoms with Gasteiger partial charge in [-0.25, -0.2) is 0 Å². The molecule has 0 saturated heterocycles. The second-order valence-corrected chi connectivity index (χ2v) is 12.0. The zero-order valence-electron chi connectivity index (χ0n) is 26.3. The van der Waals surface area contributed by atoms with E-state index in [1.807, 2.05) is 0 Å². The summed E-state index contributed by atoms with van der Waals surface area (Å²) in [5, 5.41) is 0. The molecule has 0 spiro atoms. The van der Waals surface area contributed by atoms with Crippen LogP contribution in [-0.4, -0.2) is 0 Å². The molecule has 0 saturated carbocycles. The van der Waals surface area contributed by atoms with Crippen molar-refractivity contribution in [2.24, 2.45) is 0 Å². The van der Waals surface area contributed by atoms with Gasteiger partial charge < -0.3 is 9.80 Å². The molecule has 0 amide bonds. The van der Waals surface area contributed by atoms with E-state index < -0.39 is 0 Å². The molecule has 0 bridgehead atoms. The lowest BCUT2D eigenvalue weighted by atomic mass is 10.0. The molecule has 0 atom stereocenters. The Bertz CT molecular complexity index is 1770. The first-order valence-electron chi connectivity index (χ1n) is 15.5. The third kappa shape index (κ3) is 6.31. The summed E-state index contributed by atoms with van der Waals surface area (Å²) in [7, 11) is 0. The van der Waals surface area contributed by atoms with E-state index in [2.05, 4.69) is 190 Å². The maximum atomic E-state index is 2.38. The molecule has 6 rings (SSSR count). The van der Waals surface area contributed by atoms with Crippen LogP contribution >= 0.6 is 0 Å². The molecule has 218 valence electrons. The largest absolute Gasteiger partial charge is 0.310 e. The number of rotatable bonds is 8. The molecule has 0 aliphatic heterocycles. The van der Waals surface area contributed by atoms with Gasteiger partial charge >= 0.3 is 0 Å². The van der Waals surface area contributed by atoms with E-state index in [1.54, 1.807) is 0 Å². The Hall–Kier alpha value is -5.08. The van der Waals surface area contributed by atoms with Gasteiger partial charge in [0.25, 0.3) is 0 Å². The topological polar surface area (TPSA) is 6.48 Å². The minimum absolute atomic E-state index is 0.475. The Morgan fingerprint density at radius 1 is 0.364 bits per heavy atom. The Kier molecular flexibility index (Phi) is 8.34. The van der Waals surface area contributed by atoms with Gasteiger partial charge in [-0.15, -0.1) is 0 Å². The standard InChI is InChI=1S/C42H40N2/c1-30(2)34-17-25-40(26-18-34)44(39-23-15-33(5)16-24-39)42-28-36(35-9-7-6-8-10-35)27-41(29-42)43(37-19-11-31(3)12-20-37)38-21-13-32(4)14-22-38/h6-30H,1-5H3. The maximum absolute atomic E-state index is 2.38. The fraction of sp³-hybridized carbons (Fsp3) is 0.143. The van der Waals surface area contributed by atoms with Gasteiger partial charge in [0.2, 0.25) is 0 Å². The van der Waals surface area contributed by atoms with Gasteiger partial charge in [0.05, 0.1) is 0 Å². The van der Waals surface area contributed by atoms with Crippen LogP contribution in [0.1, 0.15) is 42.0 Å². The van der Waals surface area contributed by atoms with E-state index in [1.165, 1.54) is 33.4 Å². The molecule has 0 aromatic heterocycles. The van der Waals surface area contributed by atoms with Crippen molar-refractivity contribution in [1.29, 1.82) is 0 Å². The number of nitrogens with zero attached hydrogens (tertiary/aromatic N) is 2. The lowest BCUT2D eigenvalue weighted by Crippen LogP contribution is -2.14. The maximum Gasteiger partial charge on any atom is 0.0488 e. The number of aryl methyl sites for hydroxylation is 3. The number of benzene rings is 6. The van der Waals surface area contributed by atoms with Crippen LogP contribution in [0.15, 0.2) is 146 Å². The third-order valence-corrected chi connectivity index (χ3v) is 8.22. The normalized spacial score (nSPS) is 11.0. The van der Waals surface area contributed by atoms with Gasteiger partial charge in [-0.2, -0.15) is 0 Å². The Morgan fingerprint density at radius 3 is 1.09 bits per heavy atom. The summed E-state index contributed by atoms with van der Waals surface area (Å²) in [4.78, 5) is 4.74. The van der Waals surface area contributed by atoms with Crippen LogP contribution in [-0.2, 0) is 0 Å². The molecule has 0 N–H and O–H groups in total. The summed E-state index contributed by atoms with van der Waals surface area (Å²) in [6, 6.07) is 53.1. The minimum atomic E-state index is 0.475. The van der Waals surface area contributed by atoms with Crippen molar-refractivity contribution in [3.8, 4) is 11.1 Å². The summed E-state index contributed by atoms with van der Waals surface area (Å²) in [6.45, 7) is 10.9. The fourth-order valence-corrected chi connectivity index (χ4v) is 5.63. The average molecular weight is 573 g/mol. The molecule has 0 aliphatic carbocycles. The highest BCUT2D eigenvalue weighted by Crippen LogP contribution is 2.43. The SMILES string of the molecule is Cc1ccc(N(c2ccc(C)cc2)c2cc(-c3ccccc3)cc(N(c3ccc(C)cc3)c3ccc(C(C)C)cc3)c2)cc1. The molecular formula is C42H40N2. The predicted octanol–water partition coefficient (Wildman–Crippen LogP) is 12.3. The number of hydrogen-bond acceptors (Lipinski definition) is 2. The molecule has 44 heavy (non-hydrogen) atoms. The highest BCUT2D eigenvalue weighted by Gasteiger charge is 2.19. The van der Waals surface area contributed by atoms with Crippen molar-refractivity contribution in [2.45, 2.75) is 40.5 Å². The monoisotopic (exact) mass is 572 g/mol. The van der Waals surface area contributed by atoms with Crippen molar-refractivity contribution in [1.82, 2.24) is 0 Å². The molecule has 0 unspecified atom stereocenters. The lowest BCUT2D eigenvalue weighted by Gasteiger charge is -2.30. The average Bonchev–Trinajstić information content (AvgIpc) is 3.05. The van der Waals surface area contributed by atoms with Crippen LogP contribution in [0.25, 0.3) is 11.1 Å². The van der Waals surface area contributed by atoms with E-state index >= 15 is 0 Å². The minimum Gasteiger partial charge on any atom is -0.310 e. The first kappa shape index (κ1) is 29.0.